The van der Waals surface area contributed by atoms with Gasteiger partial charge in [-0.1, -0.05) is 40.7 Å². The summed E-state index contributed by atoms with van der Waals surface area (Å²) in [4.78, 5) is 54.0. The number of nitrogens with one attached hydrogen (secondary N) is 3. The van der Waals surface area contributed by atoms with Crippen LogP contribution in [0.3, 0.4) is 0 Å². The first-order valence-corrected chi connectivity index (χ1v) is 22.4. The summed E-state index contributed by atoms with van der Waals surface area (Å²) in [6, 6.07) is 4.45. The standard InChI is InChI=1S/C43H51F4N7O7S2/c1-11-24-19-42(24,40(57)52-63(58,59)53(8)9)51-37(55)32-17-28(20-54(32)39(56)36(41(5,6)7)48-27-15-25(43(45,46)47)14-26(44)16-27)61-34-18-30(38-50-31(21-62-38)22(2)3)49-35-23(4)33(60-10)13-12-29(34)35/h11-16,18,21-22,24,28,32,36,48H,1,17,19-20H2,2-10H3,(H,51,55)(H,52,57). The number of carbonyl (C=O) groups excluding carboxylic acids is 3. The summed E-state index contributed by atoms with van der Waals surface area (Å²) < 4.78 is 96.4. The third kappa shape index (κ3) is 9.77. The van der Waals surface area contributed by atoms with Crippen LogP contribution in [0.4, 0.5) is 23.2 Å². The van der Waals surface area contributed by atoms with Crippen LogP contribution in [-0.2, 0) is 30.8 Å². The summed E-state index contributed by atoms with van der Waals surface area (Å²) in [5, 5.41) is 8.68. The molecule has 340 valence electrons. The van der Waals surface area contributed by atoms with Gasteiger partial charge in [-0.05, 0) is 55.0 Å². The highest BCUT2D eigenvalue weighted by atomic mass is 32.2. The third-order valence-corrected chi connectivity index (χ3v) is 13.5. The highest BCUT2D eigenvalue weighted by molar-refractivity contribution is 7.87. The van der Waals surface area contributed by atoms with Gasteiger partial charge in [-0.25, -0.2) is 19.1 Å². The predicted octanol–water partition coefficient (Wildman–Crippen LogP) is 6.82. The molecule has 2 fully saturated rings. The molecule has 3 heterocycles. The first-order valence-electron chi connectivity index (χ1n) is 20.0. The van der Waals surface area contributed by atoms with Crippen molar-refractivity contribution in [2.24, 2.45) is 11.3 Å². The Balaban J connectivity index is 1.41. The van der Waals surface area contributed by atoms with E-state index >= 15 is 0 Å². The smallest absolute Gasteiger partial charge is 0.416 e. The number of fused-ring (bicyclic) bond motifs is 1. The zero-order valence-corrected chi connectivity index (χ0v) is 37.9. The molecule has 14 nitrogen and oxygen atoms in total. The number of anilines is 1. The Morgan fingerprint density at radius 1 is 1.08 bits per heavy atom. The maximum Gasteiger partial charge on any atom is 0.416 e. The third-order valence-electron chi connectivity index (χ3n) is 11.2. The van der Waals surface area contributed by atoms with E-state index in [1.54, 1.807) is 39.0 Å². The summed E-state index contributed by atoms with van der Waals surface area (Å²) in [6.45, 7) is 14.4. The number of hydrogen-bond acceptors (Lipinski definition) is 11. The molecule has 0 radical (unpaired) electrons. The van der Waals surface area contributed by atoms with Crippen molar-refractivity contribution < 1.29 is 49.8 Å². The number of rotatable bonds is 14. The van der Waals surface area contributed by atoms with Gasteiger partial charge in [0.15, 0.2) is 0 Å². The lowest BCUT2D eigenvalue weighted by Gasteiger charge is -2.36. The lowest BCUT2D eigenvalue weighted by molar-refractivity contribution is -0.141. The number of hydrogen-bond donors (Lipinski definition) is 3. The predicted molar refractivity (Wildman–Crippen MR) is 231 cm³/mol. The Kier molecular flexibility index (Phi) is 13.0. The number of methoxy groups -OCH3 is 1. The number of amides is 3. The molecule has 2 aromatic carbocycles. The molecular formula is C43H51F4N7O7S2. The zero-order valence-electron chi connectivity index (χ0n) is 36.3. The van der Waals surface area contributed by atoms with E-state index in [4.69, 9.17) is 19.4 Å². The van der Waals surface area contributed by atoms with Crippen molar-refractivity contribution in [3.8, 4) is 22.2 Å². The molecule has 1 saturated heterocycles. The Bertz CT molecular complexity index is 2560. The van der Waals surface area contributed by atoms with Gasteiger partial charge in [-0.3, -0.25) is 14.4 Å². The first kappa shape index (κ1) is 47.1. The molecule has 2 aromatic heterocycles. The normalized spacial score (nSPS) is 20.7. The zero-order chi connectivity index (χ0) is 46.6. The minimum atomic E-state index is -4.89. The highest BCUT2D eigenvalue weighted by Gasteiger charge is 2.61. The van der Waals surface area contributed by atoms with Crippen LogP contribution >= 0.6 is 11.3 Å². The molecule has 20 heteroatoms. The monoisotopic (exact) mass is 917 g/mol. The van der Waals surface area contributed by atoms with Crippen LogP contribution in [0.1, 0.15) is 70.2 Å². The number of alkyl halides is 3. The topological polar surface area (TPSA) is 172 Å². The fraction of sp³-hybridized carbons (Fsp3) is 0.465. The van der Waals surface area contributed by atoms with Gasteiger partial charge in [0.25, 0.3) is 5.91 Å². The van der Waals surface area contributed by atoms with E-state index in [-0.39, 0.29) is 31.0 Å². The van der Waals surface area contributed by atoms with E-state index in [1.807, 2.05) is 30.9 Å². The SMILES string of the molecule is C=CC1CC1(NC(=O)C1CC(Oc2cc(-c3nc(C(C)C)cs3)nc3c(C)c(OC)ccc23)CN1C(=O)C(Nc1cc(F)cc(C(F)(F)F)c1)C(C)(C)C)C(=O)NS(=O)(=O)N(C)C. The molecule has 5 atom stereocenters. The fourth-order valence-corrected chi connectivity index (χ4v) is 9.03. The minimum Gasteiger partial charge on any atom is -0.496 e. The number of aryl methyl sites for hydroxylation is 1. The van der Waals surface area contributed by atoms with Crippen molar-refractivity contribution in [2.45, 2.75) is 90.2 Å². The summed E-state index contributed by atoms with van der Waals surface area (Å²) >= 11 is 1.41. The number of thiazole rings is 1. The van der Waals surface area contributed by atoms with E-state index in [2.05, 4.69) is 17.2 Å². The van der Waals surface area contributed by atoms with Crippen molar-refractivity contribution in [3.05, 3.63) is 77.1 Å². The molecule has 63 heavy (non-hydrogen) atoms. The van der Waals surface area contributed by atoms with Gasteiger partial charge in [-0.2, -0.15) is 25.9 Å². The van der Waals surface area contributed by atoms with Crippen molar-refractivity contribution in [1.29, 1.82) is 0 Å². The first-order chi connectivity index (χ1) is 29.3. The number of aromatic nitrogens is 2. The number of halogens is 4. The Morgan fingerprint density at radius 3 is 2.35 bits per heavy atom. The highest BCUT2D eigenvalue weighted by Crippen LogP contribution is 2.46. The molecule has 2 aliphatic rings. The van der Waals surface area contributed by atoms with E-state index in [1.165, 1.54) is 43.5 Å². The molecule has 5 unspecified atom stereocenters. The van der Waals surface area contributed by atoms with E-state index in [0.717, 1.165) is 16.1 Å². The lowest BCUT2D eigenvalue weighted by atomic mass is 9.85. The van der Waals surface area contributed by atoms with Gasteiger partial charge in [0.05, 0.1) is 30.4 Å². The summed E-state index contributed by atoms with van der Waals surface area (Å²) in [5.74, 6) is -3.34. The molecule has 0 bridgehead atoms. The number of ether oxygens (including phenoxy) is 2. The fourth-order valence-electron chi connectivity index (χ4n) is 7.49. The minimum absolute atomic E-state index is 0.00870. The number of likely N-dealkylation sites (tertiary alicyclic amines) is 1. The van der Waals surface area contributed by atoms with Crippen LogP contribution in [0.25, 0.3) is 21.6 Å². The quantitative estimate of drug-likeness (QED) is 0.0902. The van der Waals surface area contributed by atoms with Gasteiger partial charge in [-0.15, -0.1) is 17.9 Å². The van der Waals surface area contributed by atoms with Crippen LogP contribution in [0.5, 0.6) is 11.5 Å². The maximum atomic E-state index is 14.9. The van der Waals surface area contributed by atoms with Crippen LogP contribution in [0.2, 0.25) is 0 Å². The largest absolute Gasteiger partial charge is 0.496 e. The van der Waals surface area contributed by atoms with Crippen LogP contribution in [0.15, 0.2) is 54.4 Å². The van der Waals surface area contributed by atoms with Gasteiger partial charge in [0.1, 0.15) is 51.7 Å². The Morgan fingerprint density at radius 2 is 1.78 bits per heavy atom. The van der Waals surface area contributed by atoms with Crippen LogP contribution in [0, 0.1) is 24.1 Å². The van der Waals surface area contributed by atoms with Gasteiger partial charge < -0.3 is 25.0 Å². The van der Waals surface area contributed by atoms with E-state index < -0.39 is 80.5 Å². The summed E-state index contributed by atoms with van der Waals surface area (Å²) in [6.07, 6.45) is -4.50. The van der Waals surface area contributed by atoms with Crippen molar-refractivity contribution >= 4 is 55.9 Å². The average Bonchev–Trinajstić information content (AvgIpc) is 3.46. The number of pyridine rings is 1. The Labute approximate surface area is 367 Å². The summed E-state index contributed by atoms with van der Waals surface area (Å²) in [7, 11) is -0.293. The van der Waals surface area contributed by atoms with Crippen molar-refractivity contribution in [3.63, 3.8) is 0 Å². The van der Waals surface area contributed by atoms with Gasteiger partial charge in [0.2, 0.25) is 11.8 Å². The van der Waals surface area contributed by atoms with Gasteiger partial charge in [0, 0.05) is 54.5 Å². The van der Waals surface area contributed by atoms with Crippen LogP contribution < -0.4 is 24.8 Å². The van der Waals surface area contributed by atoms with Crippen molar-refractivity contribution in [2.75, 3.05) is 33.1 Å². The van der Waals surface area contributed by atoms with Crippen LogP contribution in [-0.4, -0.2) is 96.8 Å². The number of benzene rings is 2. The lowest BCUT2D eigenvalue weighted by Crippen LogP contribution is -2.59. The van der Waals surface area contributed by atoms with Crippen molar-refractivity contribution in [1.82, 2.24) is 29.2 Å². The number of nitrogens with zero attached hydrogens (tertiary/aromatic N) is 4. The molecular weight excluding hydrogens is 867 g/mol. The van der Waals surface area contributed by atoms with Gasteiger partial charge >= 0.3 is 16.4 Å². The molecule has 1 aliphatic heterocycles. The Hall–Kier alpha value is -5.34. The summed E-state index contributed by atoms with van der Waals surface area (Å²) in [5.41, 5.74) is -1.72. The van der Waals surface area contributed by atoms with E-state index in [0.29, 0.717) is 50.8 Å². The molecule has 1 saturated carbocycles. The second-order valence-corrected chi connectivity index (χ2v) is 20.1. The molecule has 3 N–H and O–H groups in total. The molecule has 0 spiro atoms. The second kappa shape index (κ2) is 17.3. The maximum absolute atomic E-state index is 14.9. The molecule has 6 rings (SSSR count). The molecule has 4 aromatic rings. The van der Waals surface area contributed by atoms with E-state index in [9.17, 15) is 40.4 Å². The molecule has 1 aliphatic carbocycles. The second-order valence-electron chi connectivity index (χ2n) is 17.4. The molecule has 3 amide bonds. The average molecular weight is 918 g/mol. The number of carbonyl (C=O) groups is 3.